The molecule has 5 N–H and O–H groups in total. The molecule has 1 aromatic heterocycles. The van der Waals surface area contributed by atoms with Crippen molar-refractivity contribution in [1.82, 2.24) is 20.2 Å². The number of aromatic nitrogens is 3. The van der Waals surface area contributed by atoms with Gasteiger partial charge in [0, 0.05) is 10.6 Å². The Bertz CT molecular complexity index is 766. The van der Waals surface area contributed by atoms with Crippen molar-refractivity contribution in [2.75, 3.05) is 5.84 Å². The zero-order chi connectivity index (χ0) is 17.1. The highest BCUT2D eigenvalue weighted by molar-refractivity contribution is 8.00. The SMILES string of the molecule is C[C@@H](Sc1nnc(-c2cc(Cl)ccc2Cl)n1N)C(=O)NC(N)=O. The molecule has 3 amide bonds. The molecular weight excluding hydrogens is 363 g/mol. The summed E-state index contributed by atoms with van der Waals surface area (Å²) in [7, 11) is 0. The van der Waals surface area contributed by atoms with Gasteiger partial charge in [-0.05, 0) is 25.1 Å². The number of imide groups is 1. The molecule has 0 aliphatic rings. The Labute approximate surface area is 145 Å². The number of benzene rings is 1. The highest BCUT2D eigenvalue weighted by atomic mass is 35.5. The number of hydrogen-bond donors (Lipinski definition) is 3. The average Bonchev–Trinajstić information content (AvgIpc) is 2.82. The second-order valence-corrected chi connectivity index (χ2v) is 6.57. The summed E-state index contributed by atoms with van der Waals surface area (Å²) in [6.45, 7) is 1.57. The summed E-state index contributed by atoms with van der Waals surface area (Å²) >= 11 is 13.1. The number of rotatable bonds is 4. The fraction of sp³-hybridized carbons (Fsp3) is 0.167. The maximum Gasteiger partial charge on any atom is 0.318 e. The summed E-state index contributed by atoms with van der Waals surface area (Å²) in [6, 6.07) is 3.93. The molecular formula is C12H12Cl2N6O2S. The van der Waals surface area contributed by atoms with Gasteiger partial charge in [-0.3, -0.25) is 10.1 Å². The van der Waals surface area contributed by atoms with Crippen LogP contribution in [0.2, 0.25) is 10.0 Å². The third-order valence-electron chi connectivity index (χ3n) is 2.73. The number of halogens is 2. The van der Waals surface area contributed by atoms with Gasteiger partial charge in [0.2, 0.25) is 11.1 Å². The maximum absolute atomic E-state index is 11.7. The minimum Gasteiger partial charge on any atom is -0.351 e. The molecule has 0 spiro atoms. The van der Waals surface area contributed by atoms with E-state index in [-0.39, 0.29) is 5.16 Å². The van der Waals surface area contributed by atoms with Crippen molar-refractivity contribution in [2.45, 2.75) is 17.3 Å². The van der Waals surface area contributed by atoms with Gasteiger partial charge in [-0.2, -0.15) is 0 Å². The van der Waals surface area contributed by atoms with E-state index in [1.54, 1.807) is 25.1 Å². The number of carbonyl (C=O) groups excluding carboxylic acids is 2. The monoisotopic (exact) mass is 374 g/mol. The summed E-state index contributed by atoms with van der Waals surface area (Å²) in [6.07, 6.45) is 0. The molecule has 0 saturated heterocycles. The number of urea groups is 1. The molecule has 0 bridgehead atoms. The second kappa shape index (κ2) is 7.07. The molecule has 122 valence electrons. The molecule has 1 aromatic carbocycles. The first-order valence-electron chi connectivity index (χ1n) is 6.22. The minimum absolute atomic E-state index is 0.267. The van der Waals surface area contributed by atoms with Crippen LogP contribution in [0.1, 0.15) is 6.92 Å². The molecule has 0 aliphatic heterocycles. The van der Waals surface area contributed by atoms with E-state index in [9.17, 15) is 9.59 Å². The van der Waals surface area contributed by atoms with Crippen LogP contribution in [-0.2, 0) is 4.79 Å². The number of nitrogens with one attached hydrogen (secondary N) is 1. The van der Waals surface area contributed by atoms with E-state index in [0.717, 1.165) is 11.8 Å². The van der Waals surface area contributed by atoms with Crippen molar-refractivity contribution in [1.29, 1.82) is 0 Å². The smallest absolute Gasteiger partial charge is 0.318 e. The van der Waals surface area contributed by atoms with Crippen LogP contribution < -0.4 is 16.9 Å². The first-order chi connectivity index (χ1) is 10.8. The summed E-state index contributed by atoms with van der Waals surface area (Å²) in [5.41, 5.74) is 5.41. The van der Waals surface area contributed by atoms with E-state index >= 15 is 0 Å². The number of primary amides is 1. The lowest BCUT2D eigenvalue weighted by atomic mass is 10.2. The molecule has 23 heavy (non-hydrogen) atoms. The maximum atomic E-state index is 11.7. The summed E-state index contributed by atoms with van der Waals surface area (Å²) in [5.74, 6) is 5.68. The lowest BCUT2D eigenvalue weighted by molar-refractivity contribution is -0.119. The van der Waals surface area contributed by atoms with Crippen LogP contribution in [0.25, 0.3) is 11.4 Å². The van der Waals surface area contributed by atoms with E-state index in [0.29, 0.717) is 21.4 Å². The van der Waals surface area contributed by atoms with Gasteiger partial charge in [0.25, 0.3) is 0 Å². The van der Waals surface area contributed by atoms with E-state index in [1.807, 2.05) is 5.32 Å². The predicted molar refractivity (Wildman–Crippen MR) is 88.7 cm³/mol. The fourth-order valence-electron chi connectivity index (χ4n) is 1.64. The normalized spacial score (nSPS) is 12.0. The van der Waals surface area contributed by atoms with Gasteiger partial charge in [-0.1, -0.05) is 35.0 Å². The zero-order valence-electron chi connectivity index (χ0n) is 11.8. The molecule has 0 radical (unpaired) electrons. The standard InChI is InChI=1S/C12H12Cl2N6O2S/c1-5(10(21)17-11(15)22)23-12-19-18-9(20(12)16)7-4-6(13)2-3-8(7)14/h2-5H,16H2,1H3,(H3,15,17,21,22)/t5-/m1/s1. The van der Waals surface area contributed by atoms with E-state index in [4.69, 9.17) is 34.8 Å². The Morgan fingerprint density at radius 3 is 2.70 bits per heavy atom. The van der Waals surface area contributed by atoms with Gasteiger partial charge >= 0.3 is 6.03 Å². The molecule has 0 aliphatic carbocycles. The number of hydrogen-bond acceptors (Lipinski definition) is 6. The van der Waals surface area contributed by atoms with Gasteiger partial charge in [0.15, 0.2) is 5.82 Å². The van der Waals surface area contributed by atoms with Crippen LogP contribution in [0.4, 0.5) is 4.79 Å². The van der Waals surface area contributed by atoms with Crippen molar-refractivity contribution < 1.29 is 9.59 Å². The molecule has 1 atom stereocenters. The quantitative estimate of drug-likeness (QED) is 0.550. The lowest BCUT2D eigenvalue weighted by Gasteiger charge is -2.09. The Morgan fingerprint density at radius 1 is 1.35 bits per heavy atom. The number of nitrogens with zero attached hydrogens (tertiary/aromatic N) is 3. The van der Waals surface area contributed by atoms with Gasteiger partial charge in [-0.15, -0.1) is 10.2 Å². The van der Waals surface area contributed by atoms with Crippen molar-refractivity contribution in [2.24, 2.45) is 5.73 Å². The van der Waals surface area contributed by atoms with E-state index < -0.39 is 17.2 Å². The number of nitrogen functional groups attached to an aromatic ring is 1. The van der Waals surface area contributed by atoms with E-state index in [2.05, 4.69) is 10.2 Å². The third-order valence-corrected chi connectivity index (χ3v) is 4.35. The number of thioether (sulfide) groups is 1. The summed E-state index contributed by atoms with van der Waals surface area (Å²) < 4.78 is 1.19. The first-order valence-corrected chi connectivity index (χ1v) is 7.86. The average molecular weight is 375 g/mol. The van der Waals surface area contributed by atoms with Crippen molar-refractivity contribution >= 4 is 46.9 Å². The van der Waals surface area contributed by atoms with Crippen LogP contribution in [0.5, 0.6) is 0 Å². The molecule has 11 heteroatoms. The Hall–Kier alpha value is -1.97. The van der Waals surface area contributed by atoms with Gasteiger partial charge in [-0.25, -0.2) is 9.47 Å². The number of amides is 3. The Balaban J connectivity index is 2.24. The lowest BCUT2D eigenvalue weighted by Crippen LogP contribution is -2.39. The van der Waals surface area contributed by atoms with Crippen LogP contribution in [0, 0.1) is 0 Å². The molecule has 0 unspecified atom stereocenters. The largest absolute Gasteiger partial charge is 0.351 e. The highest BCUT2D eigenvalue weighted by Crippen LogP contribution is 2.31. The van der Waals surface area contributed by atoms with Gasteiger partial charge < -0.3 is 11.6 Å². The Morgan fingerprint density at radius 2 is 2.04 bits per heavy atom. The topological polar surface area (TPSA) is 129 Å². The van der Waals surface area contributed by atoms with Crippen LogP contribution >= 0.6 is 35.0 Å². The van der Waals surface area contributed by atoms with Crippen LogP contribution in [0.15, 0.2) is 23.4 Å². The molecule has 8 nitrogen and oxygen atoms in total. The first kappa shape index (κ1) is 17.4. The molecule has 2 rings (SSSR count). The molecule has 0 saturated carbocycles. The van der Waals surface area contributed by atoms with Crippen LogP contribution in [0.3, 0.4) is 0 Å². The molecule has 1 heterocycles. The Kier molecular flexibility index (Phi) is 5.34. The molecule has 0 fully saturated rings. The second-order valence-electron chi connectivity index (χ2n) is 4.41. The van der Waals surface area contributed by atoms with Gasteiger partial charge in [0.1, 0.15) is 0 Å². The van der Waals surface area contributed by atoms with Crippen molar-refractivity contribution in [3.8, 4) is 11.4 Å². The van der Waals surface area contributed by atoms with Crippen LogP contribution in [-0.4, -0.2) is 32.1 Å². The predicted octanol–water partition coefficient (Wildman–Crippen LogP) is 1.64. The van der Waals surface area contributed by atoms with Gasteiger partial charge in [0.05, 0.1) is 10.3 Å². The van der Waals surface area contributed by atoms with E-state index in [1.165, 1.54) is 4.68 Å². The van der Waals surface area contributed by atoms with Crippen molar-refractivity contribution in [3.63, 3.8) is 0 Å². The number of nitrogens with two attached hydrogens (primary N) is 2. The highest BCUT2D eigenvalue weighted by Gasteiger charge is 2.21. The van der Waals surface area contributed by atoms with Crippen molar-refractivity contribution in [3.05, 3.63) is 28.2 Å². The zero-order valence-corrected chi connectivity index (χ0v) is 14.1. The summed E-state index contributed by atoms with van der Waals surface area (Å²) in [4.78, 5) is 22.4. The third kappa shape index (κ3) is 4.06. The molecule has 2 aromatic rings. The summed E-state index contributed by atoms with van der Waals surface area (Å²) in [5, 5.41) is 10.3. The number of carbonyl (C=O) groups is 2. The minimum atomic E-state index is -0.928. The fourth-order valence-corrected chi connectivity index (χ4v) is 2.79.